The lowest BCUT2D eigenvalue weighted by molar-refractivity contribution is -0.385. The Morgan fingerprint density at radius 3 is 2.29 bits per heavy atom. The van der Waals surface area contributed by atoms with E-state index < -0.39 is 26.4 Å². The van der Waals surface area contributed by atoms with Crippen molar-refractivity contribution < 1.29 is 18.1 Å². The van der Waals surface area contributed by atoms with Crippen LogP contribution in [-0.2, 0) is 9.84 Å². The molecule has 0 saturated heterocycles. The Hall–Kier alpha value is -1.71. The van der Waals surface area contributed by atoms with E-state index in [1.165, 1.54) is 4.90 Å². The SMILES string of the molecule is CN(CC(C)(C)CN)C(=O)c1cc([N+](=O)[O-])cc(S(C)(=O)=O)c1.Cl. The normalized spacial score (nSPS) is 11.5. The fraction of sp³-hybridized carbons (Fsp3) is 0.500. The van der Waals surface area contributed by atoms with Crippen LogP contribution in [0.2, 0.25) is 0 Å². The lowest BCUT2D eigenvalue weighted by Crippen LogP contribution is -2.39. The topological polar surface area (TPSA) is 124 Å². The molecule has 0 aliphatic rings. The Morgan fingerprint density at radius 1 is 1.33 bits per heavy atom. The highest BCUT2D eigenvalue weighted by Gasteiger charge is 2.24. The van der Waals surface area contributed by atoms with Crippen LogP contribution in [0.5, 0.6) is 0 Å². The van der Waals surface area contributed by atoms with Crippen LogP contribution in [0.4, 0.5) is 5.69 Å². The highest BCUT2D eigenvalue weighted by Crippen LogP contribution is 2.23. The second-order valence-electron chi connectivity index (χ2n) is 6.27. The zero-order valence-corrected chi connectivity index (χ0v) is 15.6. The number of hydrogen-bond acceptors (Lipinski definition) is 6. The Balaban J connectivity index is 0.00000529. The molecule has 8 nitrogen and oxygen atoms in total. The number of carbonyl (C=O) groups is 1. The van der Waals surface area contributed by atoms with E-state index in [1.807, 2.05) is 13.8 Å². The number of nitrogens with zero attached hydrogens (tertiary/aromatic N) is 2. The molecular formula is C14H22ClN3O5S. The molecule has 0 bridgehead atoms. The molecule has 0 radical (unpaired) electrons. The molecule has 1 amide bonds. The first-order valence-corrected chi connectivity index (χ1v) is 8.71. The molecule has 0 aliphatic heterocycles. The number of nitro benzene ring substituents is 1. The smallest absolute Gasteiger partial charge is 0.271 e. The number of sulfone groups is 1. The number of benzene rings is 1. The summed E-state index contributed by atoms with van der Waals surface area (Å²) in [7, 11) is -2.14. The predicted molar refractivity (Wildman–Crippen MR) is 93.3 cm³/mol. The van der Waals surface area contributed by atoms with E-state index >= 15 is 0 Å². The van der Waals surface area contributed by atoms with Crippen molar-refractivity contribution in [3.05, 3.63) is 33.9 Å². The summed E-state index contributed by atoms with van der Waals surface area (Å²) >= 11 is 0. The highest BCUT2D eigenvalue weighted by molar-refractivity contribution is 7.90. The zero-order chi connectivity index (χ0) is 18.0. The van der Waals surface area contributed by atoms with Crippen LogP contribution < -0.4 is 5.73 Å². The molecule has 1 aromatic carbocycles. The zero-order valence-electron chi connectivity index (χ0n) is 14.0. The van der Waals surface area contributed by atoms with E-state index in [0.29, 0.717) is 13.1 Å². The van der Waals surface area contributed by atoms with Gasteiger partial charge in [0, 0.05) is 37.5 Å². The number of amides is 1. The second kappa shape index (κ2) is 7.91. The molecule has 10 heteroatoms. The number of non-ortho nitro benzene ring substituents is 1. The van der Waals surface area contributed by atoms with Crippen LogP contribution in [-0.4, -0.2) is 50.5 Å². The molecule has 1 rings (SSSR count). The lowest BCUT2D eigenvalue weighted by atomic mass is 9.93. The maximum absolute atomic E-state index is 12.5. The first-order valence-electron chi connectivity index (χ1n) is 6.82. The molecular weight excluding hydrogens is 358 g/mol. The molecule has 1 aromatic rings. The maximum Gasteiger partial charge on any atom is 0.271 e. The third-order valence-electron chi connectivity index (χ3n) is 3.34. The van der Waals surface area contributed by atoms with E-state index in [0.717, 1.165) is 24.5 Å². The van der Waals surface area contributed by atoms with Crippen LogP contribution in [0.25, 0.3) is 0 Å². The van der Waals surface area contributed by atoms with Gasteiger partial charge in [0.05, 0.1) is 9.82 Å². The monoisotopic (exact) mass is 379 g/mol. The van der Waals surface area contributed by atoms with E-state index in [9.17, 15) is 23.3 Å². The van der Waals surface area contributed by atoms with Gasteiger partial charge in [0.1, 0.15) is 0 Å². The van der Waals surface area contributed by atoms with Gasteiger partial charge in [0.25, 0.3) is 11.6 Å². The van der Waals surface area contributed by atoms with E-state index in [2.05, 4.69) is 0 Å². The minimum absolute atomic E-state index is 0. The van der Waals surface area contributed by atoms with Gasteiger partial charge in [-0.2, -0.15) is 0 Å². The van der Waals surface area contributed by atoms with Crippen LogP contribution in [0.3, 0.4) is 0 Å². The maximum atomic E-state index is 12.5. The lowest BCUT2D eigenvalue weighted by Gasteiger charge is -2.29. The molecule has 0 aliphatic carbocycles. The second-order valence-corrected chi connectivity index (χ2v) is 8.29. The number of halogens is 1. The van der Waals surface area contributed by atoms with Crippen molar-refractivity contribution in [2.45, 2.75) is 18.7 Å². The molecule has 0 heterocycles. The largest absolute Gasteiger partial charge is 0.341 e. The number of nitro groups is 1. The summed E-state index contributed by atoms with van der Waals surface area (Å²) in [5.41, 5.74) is 4.82. The molecule has 0 aromatic heterocycles. The number of hydrogen-bond donors (Lipinski definition) is 1. The summed E-state index contributed by atoms with van der Waals surface area (Å²) < 4.78 is 23.3. The van der Waals surface area contributed by atoms with E-state index in [-0.39, 0.29) is 28.3 Å². The highest BCUT2D eigenvalue weighted by atomic mass is 35.5. The third-order valence-corrected chi connectivity index (χ3v) is 4.43. The molecule has 24 heavy (non-hydrogen) atoms. The average Bonchev–Trinajstić information content (AvgIpc) is 2.44. The predicted octanol–water partition coefficient (Wildman–Crippen LogP) is 1.48. The van der Waals surface area contributed by atoms with Crippen LogP contribution in [0.15, 0.2) is 23.1 Å². The van der Waals surface area contributed by atoms with Crippen LogP contribution >= 0.6 is 12.4 Å². The Morgan fingerprint density at radius 2 is 1.88 bits per heavy atom. The summed E-state index contributed by atoms with van der Waals surface area (Å²) in [6.07, 6.45) is 0.932. The molecule has 0 unspecified atom stereocenters. The minimum Gasteiger partial charge on any atom is -0.341 e. The fourth-order valence-corrected chi connectivity index (χ4v) is 2.70. The number of nitrogens with two attached hydrogens (primary N) is 1. The van der Waals surface area contributed by atoms with Crippen molar-refractivity contribution in [3.8, 4) is 0 Å². The van der Waals surface area contributed by atoms with Gasteiger partial charge in [-0.15, -0.1) is 12.4 Å². The van der Waals surface area contributed by atoms with Gasteiger partial charge in [0.2, 0.25) is 0 Å². The quantitative estimate of drug-likeness (QED) is 0.589. The van der Waals surface area contributed by atoms with Gasteiger partial charge in [-0.3, -0.25) is 14.9 Å². The van der Waals surface area contributed by atoms with Gasteiger partial charge in [-0.25, -0.2) is 8.42 Å². The summed E-state index contributed by atoms with van der Waals surface area (Å²) in [5.74, 6) is -0.500. The molecule has 0 atom stereocenters. The van der Waals surface area contributed by atoms with Gasteiger partial charge in [-0.05, 0) is 18.0 Å². The van der Waals surface area contributed by atoms with E-state index in [4.69, 9.17) is 5.73 Å². The Labute approximate surface area is 147 Å². The van der Waals surface area contributed by atoms with Crippen LogP contribution in [0.1, 0.15) is 24.2 Å². The van der Waals surface area contributed by atoms with Gasteiger partial charge in [0.15, 0.2) is 9.84 Å². The van der Waals surface area contributed by atoms with Crippen molar-refractivity contribution in [2.24, 2.45) is 11.1 Å². The van der Waals surface area contributed by atoms with Crippen molar-refractivity contribution in [3.63, 3.8) is 0 Å². The van der Waals surface area contributed by atoms with Crippen LogP contribution in [0, 0.1) is 15.5 Å². The van der Waals surface area contributed by atoms with Crippen molar-refractivity contribution >= 4 is 33.8 Å². The number of carbonyl (C=O) groups excluding carboxylic acids is 1. The van der Waals surface area contributed by atoms with Crippen molar-refractivity contribution in [1.29, 1.82) is 0 Å². The Kier molecular flexibility index (Phi) is 7.35. The van der Waals surface area contributed by atoms with Crippen molar-refractivity contribution in [1.82, 2.24) is 4.90 Å². The molecule has 0 spiro atoms. The van der Waals surface area contributed by atoms with Gasteiger partial charge >= 0.3 is 0 Å². The number of rotatable bonds is 6. The molecule has 0 saturated carbocycles. The molecule has 136 valence electrons. The van der Waals surface area contributed by atoms with Gasteiger partial charge in [-0.1, -0.05) is 13.8 Å². The summed E-state index contributed by atoms with van der Waals surface area (Å²) in [6.45, 7) is 4.45. The Bertz CT molecular complexity index is 734. The summed E-state index contributed by atoms with van der Waals surface area (Å²) in [6, 6.07) is 3.16. The minimum atomic E-state index is -3.68. The standard InChI is InChI=1S/C14H21N3O5S.ClH/c1-14(2,8-15)9-16(3)13(18)10-5-11(17(19)20)7-12(6-10)23(4,21)22;/h5-7H,8-9,15H2,1-4H3;1H. The summed E-state index contributed by atoms with van der Waals surface area (Å²) in [5, 5.41) is 11.0. The average molecular weight is 380 g/mol. The van der Waals surface area contributed by atoms with Gasteiger partial charge < -0.3 is 10.6 Å². The molecule has 2 N–H and O–H groups in total. The fourth-order valence-electron chi connectivity index (χ4n) is 2.03. The first kappa shape index (κ1) is 22.3. The molecule has 0 fully saturated rings. The van der Waals surface area contributed by atoms with Crippen molar-refractivity contribution in [2.75, 3.05) is 26.4 Å². The third kappa shape index (κ3) is 5.73. The first-order chi connectivity index (χ1) is 10.4. The summed E-state index contributed by atoms with van der Waals surface area (Å²) in [4.78, 5) is 23.8. The van der Waals surface area contributed by atoms with E-state index in [1.54, 1.807) is 7.05 Å².